The highest BCUT2D eigenvalue weighted by atomic mass is 35.5. The molecule has 0 spiro atoms. The highest BCUT2D eigenvalue weighted by molar-refractivity contribution is 6.31. The van der Waals surface area contributed by atoms with Gasteiger partial charge < -0.3 is 29.9 Å². The van der Waals surface area contributed by atoms with E-state index in [-0.39, 0.29) is 21.8 Å². The van der Waals surface area contributed by atoms with Crippen molar-refractivity contribution < 1.29 is 27.0 Å². The van der Waals surface area contributed by atoms with Crippen LogP contribution in [0.3, 0.4) is 0 Å². The molecule has 0 bridgehead atoms. The number of fused-ring (bicyclic) bond motifs is 2. The first-order valence-electron chi connectivity index (χ1n) is 22.1. The van der Waals surface area contributed by atoms with E-state index in [1.165, 1.54) is 12.1 Å². The van der Waals surface area contributed by atoms with Crippen LogP contribution in [-0.4, -0.2) is 82.5 Å². The summed E-state index contributed by atoms with van der Waals surface area (Å²) in [6.07, 6.45) is 3.35. The number of nitrogens with one attached hydrogen (secondary N) is 2. The lowest BCUT2D eigenvalue weighted by molar-refractivity contribution is 0.122. The topological polar surface area (TPSA) is 150 Å². The lowest BCUT2D eigenvalue weighted by Crippen LogP contribution is -2.36. The first-order chi connectivity index (χ1) is 33.3. The Hall–Kier alpha value is -7.52. The van der Waals surface area contributed by atoms with Gasteiger partial charge in [0.05, 0.1) is 94.0 Å². The van der Waals surface area contributed by atoms with Crippen LogP contribution >= 0.6 is 11.6 Å². The molecule has 18 heteroatoms. The number of halogens is 5. The molecule has 0 radical (unpaired) electrons. The van der Waals surface area contributed by atoms with Gasteiger partial charge >= 0.3 is 0 Å². The summed E-state index contributed by atoms with van der Waals surface area (Å²) in [5.74, 6) is -0.756. The minimum absolute atomic E-state index is 0.136. The number of hydrogen-bond donors (Lipinski definition) is 2. The van der Waals surface area contributed by atoms with E-state index in [0.717, 1.165) is 23.3 Å². The molecule has 2 aliphatic heterocycles. The standard InChI is InChI=1S/C26H22F2N6O.C25H22ClF2N5O/c1-15-3-4-30-21(9-15)25-16(2)26(24-19(28)12-18(27)13-20(24)31-25)33-22-10-17(14-29)11-23(32-22)34-5-7-35-8-6-34;1-14-3-4-29-20(9-14)24-15(2)25(23-18(28)12-17(27)13-19(23)30-24)32-21-10-16(26)11-22(31-21)33-5-7-34-8-6-33/h3-4,9-13H,5-8H2,1-2H3,(H,31,32,33);3-4,9-13H,5-8H2,1-2H3,(H,30,31,32). The van der Waals surface area contributed by atoms with Gasteiger partial charge in [-0.15, -0.1) is 0 Å². The van der Waals surface area contributed by atoms with Gasteiger partial charge in [-0.2, -0.15) is 5.26 Å². The lowest BCUT2D eigenvalue weighted by Gasteiger charge is -2.28. The third kappa shape index (κ3) is 10.2. The third-order valence-corrected chi connectivity index (χ3v) is 11.9. The number of pyridine rings is 6. The highest BCUT2D eigenvalue weighted by Gasteiger charge is 2.23. The van der Waals surface area contributed by atoms with E-state index >= 15 is 8.78 Å². The molecule has 2 aromatic carbocycles. The van der Waals surface area contributed by atoms with Crippen molar-refractivity contribution in [3.8, 4) is 28.8 Å². The SMILES string of the molecule is Cc1ccnc(-c2nc3cc(F)cc(F)c3c(Nc3cc(C#N)cc(N4CCOCC4)n3)c2C)c1.Cc1ccnc(-c2nc3cc(F)cc(F)c3c(Nc3cc(Cl)cc(N4CCOCC4)n3)c2C)c1. The van der Waals surface area contributed by atoms with E-state index in [1.54, 1.807) is 43.6 Å². The molecule has 0 saturated carbocycles. The van der Waals surface area contributed by atoms with E-state index in [1.807, 2.05) is 49.9 Å². The number of benzene rings is 2. The van der Waals surface area contributed by atoms with Gasteiger partial charge in [-0.3, -0.25) is 9.97 Å². The fraction of sp³-hybridized carbons (Fsp3) is 0.235. The number of anilines is 6. The van der Waals surface area contributed by atoms with Gasteiger partial charge in [0, 0.05) is 79.0 Å². The molecule has 0 amide bonds. The molecule has 6 aromatic heterocycles. The molecule has 13 nitrogen and oxygen atoms in total. The van der Waals surface area contributed by atoms with E-state index < -0.39 is 23.3 Å². The summed E-state index contributed by atoms with van der Waals surface area (Å²) in [6, 6.07) is 20.5. The van der Waals surface area contributed by atoms with Crippen LogP contribution in [-0.2, 0) is 9.47 Å². The Bertz CT molecular complexity index is 3310. The molecule has 69 heavy (non-hydrogen) atoms. The number of hydrogen-bond acceptors (Lipinski definition) is 13. The fourth-order valence-corrected chi connectivity index (χ4v) is 8.51. The van der Waals surface area contributed by atoms with Crippen LogP contribution in [0, 0.1) is 62.3 Å². The van der Waals surface area contributed by atoms with Crippen molar-refractivity contribution in [3.05, 3.63) is 141 Å². The molecule has 2 saturated heterocycles. The second-order valence-corrected chi connectivity index (χ2v) is 17.0. The number of ether oxygens (including phenoxy) is 2. The van der Waals surface area contributed by atoms with Gasteiger partial charge in [0.15, 0.2) is 0 Å². The molecule has 350 valence electrons. The summed E-state index contributed by atoms with van der Waals surface area (Å²) in [5.41, 5.74) is 7.05. The summed E-state index contributed by atoms with van der Waals surface area (Å²) < 4.78 is 69.2. The number of aromatic nitrogens is 6. The maximum atomic E-state index is 15.1. The van der Waals surface area contributed by atoms with Crippen molar-refractivity contribution in [3.63, 3.8) is 0 Å². The van der Waals surface area contributed by atoms with E-state index in [0.29, 0.717) is 132 Å². The maximum absolute atomic E-state index is 15.1. The van der Waals surface area contributed by atoms with Crippen LogP contribution in [0.25, 0.3) is 44.6 Å². The Balaban J connectivity index is 0.000000172. The molecule has 2 aliphatic rings. The molecule has 2 fully saturated rings. The van der Waals surface area contributed by atoms with Gasteiger partial charge in [0.1, 0.15) is 46.5 Å². The molecule has 8 heterocycles. The number of rotatable bonds is 8. The first-order valence-corrected chi connectivity index (χ1v) is 22.4. The number of nitrogens with zero attached hydrogens (tertiary/aromatic N) is 9. The van der Waals surface area contributed by atoms with Crippen LogP contribution in [0.5, 0.6) is 0 Å². The third-order valence-electron chi connectivity index (χ3n) is 11.7. The summed E-state index contributed by atoms with van der Waals surface area (Å²) in [4.78, 5) is 31.5. The van der Waals surface area contributed by atoms with Crippen molar-refractivity contribution >= 4 is 68.1 Å². The normalized spacial score (nSPS) is 13.8. The van der Waals surface area contributed by atoms with Crippen molar-refractivity contribution in [1.29, 1.82) is 5.26 Å². The summed E-state index contributed by atoms with van der Waals surface area (Å²) in [6.45, 7) is 12.5. The van der Waals surface area contributed by atoms with Gasteiger partial charge in [-0.25, -0.2) is 37.5 Å². The Kier molecular flexibility index (Phi) is 13.5. The maximum Gasteiger partial charge on any atom is 0.137 e. The largest absolute Gasteiger partial charge is 0.378 e. The van der Waals surface area contributed by atoms with Gasteiger partial charge in [0.2, 0.25) is 0 Å². The van der Waals surface area contributed by atoms with Crippen molar-refractivity contribution in [1.82, 2.24) is 29.9 Å². The fourth-order valence-electron chi connectivity index (χ4n) is 8.31. The van der Waals surface area contributed by atoms with Crippen LogP contribution in [0.4, 0.5) is 52.2 Å². The van der Waals surface area contributed by atoms with Gasteiger partial charge in [0.25, 0.3) is 0 Å². The minimum Gasteiger partial charge on any atom is -0.378 e. The van der Waals surface area contributed by atoms with Crippen LogP contribution < -0.4 is 20.4 Å². The molecule has 2 N–H and O–H groups in total. The Morgan fingerprint density at radius 3 is 1.48 bits per heavy atom. The minimum atomic E-state index is -0.744. The summed E-state index contributed by atoms with van der Waals surface area (Å²) in [5, 5.41) is 16.8. The monoisotopic (exact) mass is 953 g/mol. The summed E-state index contributed by atoms with van der Waals surface area (Å²) >= 11 is 6.41. The molecule has 8 aromatic rings. The van der Waals surface area contributed by atoms with E-state index in [4.69, 9.17) is 26.1 Å². The molecular formula is C51H44ClF4N11O2. The van der Waals surface area contributed by atoms with Gasteiger partial charge in [-0.1, -0.05) is 11.6 Å². The van der Waals surface area contributed by atoms with Gasteiger partial charge in [-0.05, 0) is 87.4 Å². The average molecular weight is 954 g/mol. The van der Waals surface area contributed by atoms with Crippen LogP contribution in [0.1, 0.15) is 27.8 Å². The number of aryl methyl sites for hydroxylation is 2. The summed E-state index contributed by atoms with van der Waals surface area (Å²) in [7, 11) is 0. The molecule has 10 rings (SSSR count). The second-order valence-electron chi connectivity index (χ2n) is 16.6. The second kappa shape index (κ2) is 20.0. The van der Waals surface area contributed by atoms with E-state index in [9.17, 15) is 14.0 Å². The quantitative estimate of drug-likeness (QED) is 0.139. The number of nitriles is 1. The molecule has 0 unspecified atom stereocenters. The zero-order chi connectivity index (χ0) is 48.3. The number of morpholine rings is 2. The molecule has 0 atom stereocenters. The van der Waals surface area contributed by atoms with Crippen molar-refractivity contribution in [2.75, 3.05) is 73.0 Å². The Morgan fingerprint density at radius 1 is 0.580 bits per heavy atom. The van der Waals surface area contributed by atoms with Crippen LogP contribution in [0.2, 0.25) is 5.02 Å². The van der Waals surface area contributed by atoms with Crippen molar-refractivity contribution in [2.24, 2.45) is 0 Å². The Morgan fingerprint density at radius 2 is 1.03 bits per heavy atom. The molecule has 0 aliphatic carbocycles. The van der Waals surface area contributed by atoms with Crippen LogP contribution in [0.15, 0.2) is 85.2 Å². The predicted octanol–water partition coefficient (Wildman–Crippen LogP) is 10.9. The van der Waals surface area contributed by atoms with Crippen molar-refractivity contribution in [2.45, 2.75) is 27.7 Å². The predicted molar refractivity (Wildman–Crippen MR) is 260 cm³/mol. The van der Waals surface area contributed by atoms with E-state index in [2.05, 4.69) is 46.5 Å². The first kappa shape index (κ1) is 46.6. The average Bonchev–Trinajstić information content (AvgIpc) is 3.33. The Labute approximate surface area is 399 Å². The lowest BCUT2D eigenvalue weighted by atomic mass is 10.0. The smallest absolute Gasteiger partial charge is 0.137 e. The highest BCUT2D eigenvalue weighted by Crippen LogP contribution is 2.39. The zero-order valence-electron chi connectivity index (χ0n) is 38.0. The zero-order valence-corrected chi connectivity index (χ0v) is 38.7. The molecular weight excluding hydrogens is 910 g/mol.